The van der Waals surface area contributed by atoms with E-state index in [1.165, 1.54) is 0 Å². The SMILES string of the molecule is c1ccc2c(c1)-c1ncc3ccccc3cnc3nc(nc4[nH]c(nc-2n1)c1ccccc41)-c1cc2c4nc5nc(nc6[nH]c(nc7nc(nc([nH]4)c2cc1-3)-c1ccccc1-7)c1ccccc61)-c1ccccc1-5. The molecule has 0 saturated heterocycles. The Labute approximate surface area is 411 Å². The van der Waals surface area contributed by atoms with E-state index < -0.39 is 0 Å². The number of hydrogen-bond donors (Lipinski definition) is 3. The van der Waals surface area contributed by atoms with Crippen LogP contribution in [0.25, 0.3) is 168 Å². The van der Waals surface area contributed by atoms with Crippen LogP contribution < -0.4 is 0 Å². The molecule has 0 amide bonds. The van der Waals surface area contributed by atoms with Gasteiger partial charge in [-0.2, -0.15) is 0 Å². The van der Waals surface area contributed by atoms with Crippen molar-refractivity contribution in [3.8, 4) is 91.1 Å². The summed E-state index contributed by atoms with van der Waals surface area (Å²) in [5.41, 5.74) is 10.2. The average molecular weight is 938 g/mol. The van der Waals surface area contributed by atoms with Gasteiger partial charge in [0.1, 0.15) is 33.9 Å². The molecular weight excluding hydrogens is 907 g/mol. The van der Waals surface area contributed by atoms with Gasteiger partial charge in [-0.15, -0.1) is 0 Å². The third-order valence-electron chi connectivity index (χ3n) is 13.8. The predicted octanol–water partition coefficient (Wildman–Crippen LogP) is 12.1. The van der Waals surface area contributed by atoms with Crippen molar-refractivity contribution >= 4 is 77.0 Å². The molecule has 338 valence electrons. The predicted molar refractivity (Wildman–Crippen MR) is 283 cm³/mol. The van der Waals surface area contributed by atoms with Crippen LogP contribution in [0, 0.1) is 0 Å². The van der Waals surface area contributed by atoms with Crippen molar-refractivity contribution in [3.63, 3.8) is 0 Å². The van der Waals surface area contributed by atoms with Crippen molar-refractivity contribution in [3.05, 3.63) is 170 Å². The standard InChI is InChI=1S/C58H31N15/c1-2-14-30-28-60-46-41-25-43-44(26-42(41)56(62-46)70-53-38-22-10-7-19-35(38)48(67-53)63-47-32-16-4-3-15-31(32)45(61-47)59-27-29(30)13-1)58-72-55-40-24-12-9-21-37(40)52(69-55)66-50-34-18-6-5-17-33(34)49(64-50)65-51-36-20-8-11-23-39(36)54(68-51)71-57(43)73-58/h1-28H,(H,59,60,61,62,63,67,70)(H2,64,65,66,68,69,71,72,73). The van der Waals surface area contributed by atoms with Crippen molar-refractivity contribution < 1.29 is 0 Å². The first-order chi connectivity index (χ1) is 36.1. The fourth-order valence-electron chi connectivity index (χ4n) is 10.3. The number of nitrogens with one attached hydrogen (secondary N) is 3. The van der Waals surface area contributed by atoms with Crippen LogP contribution in [0.4, 0.5) is 0 Å². The van der Waals surface area contributed by atoms with Crippen molar-refractivity contribution in [2.75, 3.05) is 0 Å². The Morgan fingerprint density at radius 1 is 0.219 bits per heavy atom. The first kappa shape index (κ1) is 39.3. The summed E-state index contributed by atoms with van der Waals surface area (Å²) in [5, 5.41) is 6.80. The molecule has 0 fully saturated rings. The normalized spacial score (nSPS) is 12.1. The number of benzene rings is 7. The van der Waals surface area contributed by atoms with E-state index in [0.717, 1.165) is 87.6 Å². The Bertz CT molecular complexity index is 4840. The molecule has 5 aromatic heterocycles. The zero-order valence-electron chi connectivity index (χ0n) is 38.0. The maximum Gasteiger partial charge on any atom is 0.164 e. The summed E-state index contributed by atoms with van der Waals surface area (Å²) in [4.78, 5) is 72.5. The number of aromatic nitrogens is 15. The summed E-state index contributed by atoms with van der Waals surface area (Å²) in [6.45, 7) is 0. The van der Waals surface area contributed by atoms with E-state index in [4.69, 9.17) is 59.8 Å². The molecule has 14 bridgehead atoms. The highest BCUT2D eigenvalue weighted by atomic mass is 15.1. The van der Waals surface area contributed by atoms with Gasteiger partial charge < -0.3 is 15.0 Å². The summed E-state index contributed by atoms with van der Waals surface area (Å²) in [7, 11) is 0. The van der Waals surface area contributed by atoms with Crippen LogP contribution in [-0.4, -0.2) is 74.8 Å². The van der Waals surface area contributed by atoms with Crippen LogP contribution >= 0.6 is 0 Å². The molecule has 0 spiro atoms. The van der Waals surface area contributed by atoms with Crippen LogP contribution in [0.5, 0.6) is 0 Å². The van der Waals surface area contributed by atoms with Gasteiger partial charge in [0, 0.05) is 100.0 Å². The highest BCUT2D eigenvalue weighted by Crippen LogP contribution is 2.42. The van der Waals surface area contributed by atoms with Crippen molar-refractivity contribution in [2.24, 2.45) is 0 Å². The molecule has 15 nitrogen and oxygen atoms in total. The smallest absolute Gasteiger partial charge is 0.164 e. The average Bonchev–Trinajstić information content (AvgIpc) is 4.31. The monoisotopic (exact) mass is 937 g/mol. The van der Waals surface area contributed by atoms with Crippen LogP contribution in [0.2, 0.25) is 0 Å². The fourth-order valence-corrected chi connectivity index (χ4v) is 10.3. The second kappa shape index (κ2) is 15.0. The Hall–Kier alpha value is -10.5. The molecule has 15 heteroatoms. The lowest BCUT2D eigenvalue weighted by atomic mass is 10.0. The third kappa shape index (κ3) is 6.05. The molecule has 4 aliphatic heterocycles. The number of hydrogen-bond acceptors (Lipinski definition) is 12. The topological polar surface area (TPSA) is 202 Å². The van der Waals surface area contributed by atoms with E-state index in [1.54, 1.807) is 0 Å². The maximum atomic E-state index is 5.33. The first-order valence-corrected chi connectivity index (χ1v) is 23.6. The minimum Gasteiger partial charge on any atom is -0.324 e. The Morgan fingerprint density at radius 3 is 0.822 bits per heavy atom. The third-order valence-corrected chi connectivity index (χ3v) is 13.8. The molecular formula is C58H31N15. The van der Waals surface area contributed by atoms with Gasteiger partial charge in [-0.05, 0) is 12.1 Å². The molecule has 0 saturated carbocycles. The summed E-state index contributed by atoms with van der Waals surface area (Å²) < 4.78 is 0. The zero-order chi connectivity index (χ0) is 47.7. The summed E-state index contributed by atoms with van der Waals surface area (Å²) in [5.74, 6) is 4.09. The second-order valence-corrected chi connectivity index (χ2v) is 18.0. The Morgan fingerprint density at radius 2 is 0.466 bits per heavy atom. The number of fused-ring (bicyclic) bond motifs is 36. The van der Waals surface area contributed by atoms with E-state index >= 15 is 0 Å². The van der Waals surface area contributed by atoms with E-state index in [0.29, 0.717) is 80.5 Å². The molecule has 0 aliphatic carbocycles. The summed E-state index contributed by atoms with van der Waals surface area (Å²) >= 11 is 0. The van der Waals surface area contributed by atoms with Crippen LogP contribution in [0.15, 0.2) is 170 Å². The molecule has 0 unspecified atom stereocenters. The molecule has 12 aromatic rings. The molecule has 3 N–H and O–H groups in total. The number of rotatable bonds is 0. The summed E-state index contributed by atoms with van der Waals surface area (Å²) in [6.07, 6.45) is 3.64. The van der Waals surface area contributed by atoms with Crippen molar-refractivity contribution in [1.29, 1.82) is 0 Å². The summed E-state index contributed by atoms with van der Waals surface area (Å²) in [6, 6.07) is 52.2. The van der Waals surface area contributed by atoms with Gasteiger partial charge in [0.25, 0.3) is 0 Å². The zero-order valence-corrected chi connectivity index (χ0v) is 38.0. The number of aromatic amines is 3. The lowest BCUT2D eigenvalue weighted by molar-refractivity contribution is 1.19. The van der Waals surface area contributed by atoms with Gasteiger partial charge in [0.15, 0.2) is 46.6 Å². The second-order valence-electron chi connectivity index (χ2n) is 18.0. The van der Waals surface area contributed by atoms with Gasteiger partial charge in [0.05, 0.1) is 0 Å². The maximum absolute atomic E-state index is 5.33. The van der Waals surface area contributed by atoms with Crippen molar-refractivity contribution in [1.82, 2.24) is 74.8 Å². The highest BCUT2D eigenvalue weighted by Gasteiger charge is 2.26. The minimum atomic E-state index is 0.454. The lowest BCUT2D eigenvalue weighted by Gasteiger charge is -2.00. The molecule has 7 aromatic carbocycles. The van der Waals surface area contributed by atoms with Crippen molar-refractivity contribution in [2.45, 2.75) is 0 Å². The van der Waals surface area contributed by atoms with Gasteiger partial charge in [-0.25, -0.2) is 59.8 Å². The van der Waals surface area contributed by atoms with Gasteiger partial charge in [-0.1, -0.05) is 146 Å². The molecule has 16 rings (SSSR count). The van der Waals surface area contributed by atoms with E-state index in [9.17, 15) is 0 Å². The number of nitrogens with zero attached hydrogens (tertiary/aromatic N) is 12. The van der Waals surface area contributed by atoms with Gasteiger partial charge in [0.2, 0.25) is 0 Å². The molecule has 9 heterocycles. The first-order valence-electron chi connectivity index (χ1n) is 23.6. The van der Waals surface area contributed by atoms with Gasteiger partial charge in [-0.3, -0.25) is 0 Å². The van der Waals surface area contributed by atoms with E-state index in [-0.39, 0.29) is 0 Å². The Balaban J connectivity index is 1.02. The van der Waals surface area contributed by atoms with Crippen LogP contribution in [0.3, 0.4) is 0 Å². The Kier molecular flexibility index (Phi) is 8.07. The van der Waals surface area contributed by atoms with E-state index in [1.807, 2.05) is 158 Å². The minimum absolute atomic E-state index is 0.454. The van der Waals surface area contributed by atoms with E-state index in [2.05, 4.69) is 27.1 Å². The van der Waals surface area contributed by atoms with Crippen LogP contribution in [0.1, 0.15) is 0 Å². The van der Waals surface area contributed by atoms with Crippen LogP contribution in [-0.2, 0) is 0 Å². The largest absolute Gasteiger partial charge is 0.324 e. The molecule has 0 radical (unpaired) electrons. The number of H-pyrrole nitrogens is 3. The lowest BCUT2D eigenvalue weighted by Crippen LogP contribution is -1.84. The molecule has 4 aliphatic rings. The fraction of sp³-hybridized carbons (Fsp3) is 0. The quantitative estimate of drug-likeness (QED) is 0.130. The molecule has 0 atom stereocenters. The highest BCUT2D eigenvalue weighted by molar-refractivity contribution is 6.11. The van der Waals surface area contributed by atoms with Gasteiger partial charge >= 0.3 is 0 Å². The molecule has 73 heavy (non-hydrogen) atoms.